The summed E-state index contributed by atoms with van der Waals surface area (Å²) < 4.78 is 15.4. The van der Waals surface area contributed by atoms with Gasteiger partial charge in [-0.15, -0.1) is 0 Å². The van der Waals surface area contributed by atoms with Gasteiger partial charge in [-0.05, 0) is 31.2 Å². The number of aliphatic hydroxyl groups is 1. The summed E-state index contributed by atoms with van der Waals surface area (Å²) in [6, 6.07) is 5.20. The molecular formula is C17H14ClFN4O2. The molecule has 1 aromatic heterocycles. The monoisotopic (exact) mass is 360 g/mol. The number of benzene rings is 2. The molecule has 0 radical (unpaired) electrons. The number of nitrogens with zero attached hydrogens (tertiary/aromatic N) is 2. The van der Waals surface area contributed by atoms with Gasteiger partial charge in [0.25, 0.3) is 5.91 Å². The average Bonchev–Trinajstić information content (AvgIpc) is 2.98. The first-order valence-corrected chi connectivity index (χ1v) is 7.88. The van der Waals surface area contributed by atoms with E-state index < -0.39 is 17.4 Å². The number of rotatable bonds is 1. The number of aryl methyl sites for hydroxylation is 2. The molecule has 4 N–H and O–H groups in total. The first kappa shape index (κ1) is 15.9. The summed E-state index contributed by atoms with van der Waals surface area (Å²) in [7, 11) is 1.75. The number of nitrogens with two attached hydrogens (primary N) is 1. The minimum absolute atomic E-state index is 0.0139. The third-order valence-electron chi connectivity index (χ3n) is 4.66. The molecule has 1 amide bonds. The fraction of sp³-hybridized carbons (Fsp3) is 0.176. The van der Waals surface area contributed by atoms with Gasteiger partial charge in [-0.2, -0.15) is 5.10 Å². The van der Waals surface area contributed by atoms with Gasteiger partial charge in [0.05, 0.1) is 5.56 Å². The van der Waals surface area contributed by atoms with Crippen molar-refractivity contribution in [2.75, 3.05) is 5.73 Å². The normalized spacial score (nSPS) is 19.3. The lowest BCUT2D eigenvalue weighted by Crippen LogP contribution is -2.40. The van der Waals surface area contributed by atoms with Crippen LogP contribution in [-0.2, 0) is 12.8 Å². The van der Waals surface area contributed by atoms with Crippen molar-refractivity contribution in [3.8, 4) is 0 Å². The molecule has 6 nitrogen and oxygen atoms in total. The molecule has 0 spiro atoms. The van der Waals surface area contributed by atoms with Crippen LogP contribution >= 0.6 is 11.6 Å². The van der Waals surface area contributed by atoms with Gasteiger partial charge in [-0.25, -0.2) is 4.39 Å². The first-order chi connectivity index (χ1) is 11.7. The molecule has 4 rings (SSSR count). The molecule has 1 atom stereocenters. The second kappa shape index (κ2) is 4.93. The van der Waals surface area contributed by atoms with E-state index in [0.29, 0.717) is 10.9 Å². The highest BCUT2D eigenvalue weighted by Crippen LogP contribution is 2.44. The average molecular weight is 361 g/mol. The predicted molar refractivity (Wildman–Crippen MR) is 91.7 cm³/mol. The summed E-state index contributed by atoms with van der Waals surface area (Å²) in [5, 5.41) is 18.9. The summed E-state index contributed by atoms with van der Waals surface area (Å²) in [6.07, 6.45) is 0. The van der Waals surface area contributed by atoms with Gasteiger partial charge in [-0.3, -0.25) is 9.48 Å². The summed E-state index contributed by atoms with van der Waals surface area (Å²) in [4.78, 5) is 12.6. The number of fused-ring (bicyclic) bond motifs is 3. The van der Waals surface area contributed by atoms with Crippen molar-refractivity contribution >= 4 is 34.1 Å². The number of anilines is 1. The summed E-state index contributed by atoms with van der Waals surface area (Å²) >= 11 is 6.14. The Labute approximate surface area is 147 Å². The second-order valence-corrected chi connectivity index (χ2v) is 6.52. The Morgan fingerprint density at radius 2 is 2.12 bits per heavy atom. The maximum Gasteiger partial charge on any atom is 0.256 e. The quantitative estimate of drug-likeness (QED) is 0.580. The van der Waals surface area contributed by atoms with E-state index in [0.717, 1.165) is 11.8 Å². The number of amides is 1. The predicted octanol–water partition coefficient (Wildman–Crippen LogP) is 2.19. The van der Waals surface area contributed by atoms with E-state index in [9.17, 15) is 14.3 Å². The molecule has 0 bridgehead atoms. The molecule has 0 saturated heterocycles. The fourth-order valence-corrected chi connectivity index (χ4v) is 3.60. The minimum Gasteiger partial charge on any atom is -0.398 e. The molecule has 0 fully saturated rings. The van der Waals surface area contributed by atoms with Crippen LogP contribution < -0.4 is 11.1 Å². The topological polar surface area (TPSA) is 93.2 Å². The number of hydrogen-bond donors (Lipinski definition) is 3. The molecule has 128 valence electrons. The van der Waals surface area contributed by atoms with Crippen molar-refractivity contribution in [2.24, 2.45) is 7.05 Å². The highest BCUT2D eigenvalue weighted by atomic mass is 35.5. The van der Waals surface area contributed by atoms with E-state index in [1.165, 1.54) is 12.1 Å². The van der Waals surface area contributed by atoms with Crippen LogP contribution in [0.2, 0.25) is 5.02 Å². The van der Waals surface area contributed by atoms with Crippen molar-refractivity contribution in [1.29, 1.82) is 0 Å². The van der Waals surface area contributed by atoms with E-state index in [1.807, 2.05) is 6.92 Å². The Balaban J connectivity index is 2.10. The van der Waals surface area contributed by atoms with Crippen molar-refractivity contribution in [2.45, 2.75) is 12.6 Å². The van der Waals surface area contributed by atoms with Gasteiger partial charge in [0.1, 0.15) is 11.3 Å². The SMILES string of the molecule is Cc1c2cc(N)c3c(c2nn1C)C(=O)NC3(O)c1cc(F)ccc1Cl. The van der Waals surface area contributed by atoms with Gasteiger partial charge >= 0.3 is 0 Å². The number of carbonyl (C=O) groups is 1. The lowest BCUT2D eigenvalue weighted by Gasteiger charge is -2.26. The molecule has 1 aliphatic heterocycles. The highest BCUT2D eigenvalue weighted by molar-refractivity contribution is 6.31. The van der Waals surface area contributed by atoms with E-state index in [2.05, 4.69) is 10.4 Å². The number of hydrogen-bond acceptors (Lipinski definition) is 4. The van der Waals surface area contributed by atoms with Crippen LogP contribution in [0, 0.1) is 12.7 Å². The number of aromatic nitrogens is 2. The van der Waals surface area contributed by atoms with Gasteiger partial charge in [0.15, 0.2) is 5.72 Å². The van der Waals surface area contributed by atoms with Crippen LogP contribution in [0.25, 0.3) is 10.9 Å². The van der Waals surface area contributed by atoms with Crippen LogP contribution in [0.1, 0.15) is 27.2 Å². The van der Waals surface area contributed by atoms with Crippen LogP contribution in [0.4, 0.5) is 10.1 Å². The number of nitrogen functional groups attached to an aromatic ring is 1. The van der Waals surface area contributed by atoms with Crippen molar-refractivity contribution in [3.63, 3.8) is 0 Å². The molecular weight excluding hydrogens is 347 g/mol. The van der Waals surface area contributed by atoms with E-state index in [1.54, 1.807) is 17.8 Å². The zero-order valence-corrected chi connectivity index (χ0v) is 14.1. The Bertz CT molecular complexity index is 1080. The van der Waals surface area contributed by atoms with E-state index in [4.69, 9.17) is 17.3 Å². The van der Waals surface area contributed by atoms with Crippen molar-refractivity contribution in [3.05, 3.63) is 57.5 Å². The third-order valence-corrected chi connectivity index (χ3v) is 4.99. The first-order valence-electron chi connectivity index (χ1n) is 7.50. The molecule has 1 unspecified atom stereocenters. The van der Waals surface area contributed by atoms with E-state index in [-0.39, 0.29) is 27.4 Å². The Morgan fingerprint density at radius 3 is 2.84 bits per heavy atom. The van der Waals surface area contributed by atoms with Gasteiger partial charge in [0, 0.05) is 40.0 Å². The van der Waals surface area contributed by atoms with Gasteiger partial charge < -0.3 is 16.2 Å². The van der Waals surface area contributed by atoms with Crippen molar-refractivity contribution < 1.29 is 14.3 Å². The molecule has 8 heteroatoms. The summed E-state index contributed by atoms with van der Waals surface area (Å²) in [5.41, 5.74) is 5.88. The molecule has 3 aromatic rings. The van der Waals surface area contributed by atoms with Crippen molar-refractivity contribution in [1.82, 2.24) is 15.1 Å². The fourth-order valence-electron chi connectivity index (χ4n) is 3.35. The highest BCUT2D eigenvalue weighted by Gasteiger charge is 2.47. The zero-order valence-electron chi connectivity index (χ0n) is 13.4. The summed E-state index contributed by atoms with van der Waals surface area (Å²) in [6.45, 7) is 1.85. The minimum atomic E-state index is -2.03. The number of halogens is 2. The molecule has 25 heavy (non-hydrogen) atoms. The molecule has 0 aliphatic carbocycles. The maximum atomic E-state index is 13.7. The maximum absolute atomic E-state index is 13.7. The lowest BCUT2D eigenvalue weighted by atomic mass is 9.91. The third kappa shape index (κ3) is 1.99. The smallest absolute Gasteiger partial charge is 0.256 e. The van der Waals surface area contributed by atoms with Crippen LogP contribution in [0.5, 0.6) is 0 Å². The number of carbonyl (C=O) groups excluding carboxylic acids is 1. The van der Waals surface area contributed by atoms with Gasteiger partial charge in [0.2, 0.25) is 0 Å². The van der Waals surface area contributed by atoms with Crippen LogP contribution in [0.3, 0.4) is 0 Å². The largest absolute Gasteiger partial charge is 0.398 e. The Hall–Kier alpha value is -2.64. The van der Waals surface area contributed by atoms with Crippen LogP contribution in [-0.4, -0.2) is 20.8 Å². The Kier molecular flexibility index (Phi) is 3.13. The standard InChI is InChI=1S/C17H14ClFN4O2/c1-7-9-6-12(20)14-13(15(9)22-23(7)2)16(24)21-17(14,25)10-5-8(19)3-4-11(10)18/h3-6,25H,20H2,1-2H3,(H,21,24). The summed E-state index contributed by atoms with van der Waals surface area (Å²) in [5.74, 6) is -1.14. The second-order valence-electron chi connectivity index (χ2n) is 6.11. The lowest BCUT2D eigenvalue weighted by molar-refractivity contribution is 0.0479. The molecule has 1 aliphatic rings. The molecule has 0 saturated carbocycles. The molecule has 2 aromatic carbocycles. The number of nitrogens with one attached hydrogen (secondary N) is 1. The van der Waals surface area contributed by atoms with Gasteiger partial charge in [-0.1, -0.05) is 11.6 Å². The zero-order chi connectivity index (χ0) is 18.1. The molecule has 2 heterocycles. The van der Waals surface area contributed by atoms with E-state index >= 15 is 0 Å². The Morgan fingerprint density at radius 1 is 1.40 bits per heavy atom. The van der Waals surface area contributed by atoms with Crippen LogP contribution in [0.15, 0.2) is 24.3 Å².